The molecule has 1 aromatic heterocycles. The third kappa shape index (κ3) is 1.62. The number of rotatable bonds is 2. The second-order valence-electron chi connectivity index (χ2n) is 3.50. The minimum Gasteiger partial charge on any atom is -0.366 e. The zero-order valence-electron chi connectivity index (χ0n) is 8.42. The van der Waals surface area contributed by atoms with Crippen molar-refractivity contribution in [2.75, 3.05) is 0 Å². The van der Waals surface area contributed by atoms with Gasteiger partial charge in [0.2, 0.25) is 0 Å². The Bertz CT molecular complexity index is 562. The number of imidazole rings is 1. The summed E-state index contributed by atoms with van der Waals surface area (Å²) in [6.45, 7) is 1.74. The summed E-state index contributed by atoms with van der Waals surface area (Å²) in [5.41, 5.74) is 6.64. The largest absolute Gasteiger partial charge is 0.366 e. The molecule has 2 aromatic rings. The van der Waals surface area contributed by atoms with E-state index in [2.05, 4.69) is 9.97 Å². The normalized spacial score (nSPS) is 11.2. The van der Waals surface area contributed by atoms with Gasteiger partial charge in [0.25, 0.3) is 12.3 Å². The lowest BCUT2D eigenvalue weighted by molar-refractivity contribution is 0.100. The molecule has 16 heavy (non-hydrogen) atoms. The van der Waals surface area contributed by atoms with Gasteiger partial charge in [-0.05, 0) is 24.6 Å². The number of nitrogens with zero attached hydrogens (tertiary/aromatic N) is 1. The highest BCUT2D eigenvalue weighted by Gasteiger charge is 2.16. The van der Waals surface area contributed by atoms with E-state index in [1.54, 1.807) is 13.0 Å². The van der Waals surface area contributed by atoms with E-state index < -0.39 is 18.2 Å². The molecule has 0 aliphatic carbocycles. The minimum atomic E-state index is -2.70. The van der Waals surface area contributed by atoms with Crippen LogP contribution in [0.15, 0.2) is 12.1 Å². The van der Waals surface area contributed by atoms with Crippen LogP contribution in [0, 0.1) is 6.92 Å². The summed E-state index contributed by atoms with van der Waals surface area (Å²) in [6.07, 6.45) is -2.70. The van der Waals surface area contributed by atoms with Gasteiger partial charge in [0.1, 0.15) is 5.52 Å². The number of benzene rings is 1. The topological polar surface area (TPSA) is 71.8 Å². The van der Waals surface area contributed by atoms with Crippen molar-refractivity contribution < 1.29 is 13.6 Å². The number of halogens is 2. The quantitative estimate of drug-likeness (QED) is 0.819. The average Bonchev–Trinajstić information content (AvgIpc) is 2.59. The van der Waals surface area contributed by atoms with E-state index in [-0.39, 0.29) is 11.1 Å². The van der Waals surface area contributed by atoms with Crippen LogP contribution in [0.1, 0.15) is 28.2 Å². The lowest BCUT2D eigenvalue weighted by atomic mass is 10.1. The van der Waals surface area contributed by atoms with Crippen molar-refractivity contribution in [2.24, 2.45) is 5.73 Å². The van der Waals surface area contributed by atoms with Crippen LogP contribution in [0.2, 0.25) is 0 Å². The number of nitrogens with one attached hydrogen (secondary N) is 1. The number of amides is 1. The van der Waals surface area contributed by atoms with E-state index in [0.29, 0.717) is 5.52 Å². The van der Waals surface area contributed by atoms with Crippen LogP contribution in [0.4, 0.5) is 8.78 Å². The molecule has 1 aromatic carbocycles. The van der Waals surface area contributed by atoms with Crippen molar-refractivity contribution in [1.82, 2.24) is 9.97 Å². The Labute approximate surface area is 89.5 Å². The first-order valence-corrected chi connectivity index (χ1v) is 4.57. The predicted molar refractivity (Wildman–Crippen MR) is 54.3 cm³/mol. The summed E-state index contributed by atoms with van der Waals surface area (Å²) in [5, 5.41) is 0. The van der Waals surface area contributed by atoms with Crippen molar-refractivity contribution in [3.8, 4) is 0 Å². The van der Waals surface area contributed by atoms with Crippen LogP contribution >= 0.6 is 0 Å². The summed E-state index contributed by atoms with van der Waals surface area (Å²) in [6, 6.07) is 3.17. The summed E-state index contributed by atoms with van der Waals surface area (Å²) in [5.74, 6) is -1.14. The lowest BCUT2D eigenvalue weighted by Gasteiger charge is -1.98. The monoisotopic (exact) mass is 225 g/mol. The highest BCUT2D eigenvalue weighted by Crippen LogP contribution is 2.23. The second-order valence-corrected chi connectivity index (χ2v) is 3.50. The molecule has 0 aliphatic heterocycles. The summed E-state index contributed by atoms with van der Waals surface area (Å²) < 4.78 is 24.9. The first-order valence-electron chi connectivity index (χ1n) is 4.57. The zero-order chi connectivity index (χ0) is 11.9. The van der Waals surface area contributed by atoms with Crippen LogP contribution in [-0.2, 0) is 0 Å². The van der Waals surface area contributed by atoms with E-state index in [1.165, 1.54) is 6.07 Å². The summed E-state index contributed by atoms with van der Waals surface area (Å²) in [4.78, 5) is 17.3. The molecular formula is C10H9F2N3O. The number of primary amides is 1. The Morgan fingerprint density at radius 2 is 2.19 bits per heavy atom. The molecule has 84 valence electrons. The number of hydrogen-bond acceptors (Lipinski definition) is 2. The molecule has 0 unspecified atom stereocenters. The van der Waals surface area contributed by atoms with E-state index in [0.717, 1.165) is 5.56 Å². The number of aryl methyl sites for hydroxylation is 1. The molecule has 1 heterocycles. The molecule has 0 saturated carbocycles. The lowest BCUT2D eigenvalue weighted by Crippen LogP contribution is -2.11. The second kappa shape index (κ2) is 3.55. The van der Waals surface area contributed by atoms with Crippen LogP contribution in [0.5, 0.6) is 0 Å². The van der Waals surface area contributed by atoms with Crippen LogP contribution < -0.4 is 5.73 Å². The van der Waals surface area contributed by atoms with Gasteiger partial charge in [-0.3, -0.25) is 4.79 Å². The first kappa shape index (κ1) is 10.5. The molecule has 0 atom stereocenters. The van der Waals surface area contributed by atoms with Crippen LogP contribution in [0.3, 0.4) is 0 Å². The minimum absolute atomic E-state index is 0.151. The molecule has 0 spiro atoms. The van der Waals surface area contributed by atoms with Crippen molar-refractivity contribution >= 4 is 16.9 Å². The van der Waals surface area contributed by atoms with Crippen LogP contribution in [0.25, 0.3) is 11.0 Å². The average molecular weight is 225 g/mol. The Morgan fingerprint density at radius 3 is 2.75 bits per heavy atom. The van der Waals surface area contributed by atoms with Crippen molar-refractivity contribution in [3.63, 3.8) is 0 Å². The first-order chi connectivity index (χ1) is 7.49. The van der Waals surface area contributed by atoms with E-state index in [1.807, 2.05) is 0 Å². The molecule has 6 heteroatoms. The third-order valence-corrected chi connectivity index (χ3v) is 2.22. The number of alkyl halides is 2. The summed E-state index contributed by atoms with van der Waals surface area (Å²) >= 11 is 0. The molecule has 0 bridgehead atoms. The number of fused-ring (bicyclic) bond motifs is 1. The van der Waals surface area contributed by atoms with Crippen LogP contribution in [-0.4, -0.2) is 15.9 Å². The maximum absolute atomic E-state index is 12.4. The van der Waals surface area contributed by atoms with Gasteiger partial charge in [-0.1, -0.05) is 0 Å². The molecule has 4 nitrogen and oxygen atoms in total. The van der Waals surface area contributed by atoms with Crippen molar-refractivity contribution in [3.05, 3.63) is 29.1 Å². The smallest absolute Gasteiger partial charge is 0.295 e. The highest BCUT2D eigenvalue weighted by atomic mass is 19.3. The number of carbonyl (C=O) groups is 1. The third-order valence-electron chi connectivity index (χ3n) is 2.22. The van der Waals surface area contributed by atoms with E-state index >= 15 is 0 Å². The Morgan fingerprint density at radius 1 is 1.50 bits per heavy atom. The van der Waals surface area contributed by atoms with Gasteiger partial charge in [-0.25, -0.2) is 13.8 Å². The Balaban J connectivity index is 2.75. The molecule has 0 aliphatic rings. The molecule has 0 radical (unpaired) electrons. The number of carbonyl (C=O) groups excluding carboxylic acids is 1. The fourth-order valence-electron chi connectivity index (χ4n) is 1.57. The number of nitrogens with two attached hydrogens (primary N) is 1. The fraction of sp³-hybridized carbons (Fsp3) is 0.200. The number of H-pyrrole nitrogens is 1. The summed E-state index contributed by atoms with van der Waals surface area (Å²) in [7, 11) is 0. The molecular weight excluding hydrogens is 216 g/mol. The van der Waals surface area contributed by atoms with E-state index in [9.17, 15) is 13.6 Å². The zero-order valence-corrected chi connectivity index (χ0v) is 8.42. The maximum atomic E-state index is 12.4. The number of aromatic amines is 1. The molecule has 0 saturated heterocycles. The van der Waals surface area contributed by atoms with Gasteiger partial charge in [-0.2, -0.15) is 0 Å². The van der Waals surface area contributed by atoms with Gasteiger partial charge in [0.05, 0.1) is 11.1 Å². The molecule has 3 N–H and O–H groups in total. The van der Waals surface area contributed by atoms with Crippen molar-refractivity contribution in [2.45, 2.75) is 13.3 Å². The Kier molecular flexibility index (Phi) is 2.34. The Hall–Kier alpha value is -1.98. The van der Waals surface area contributed by atoms with E-state index in [4.69, 9.17) is 5.73 Å². The number of hydrogen-bond donors (Lipinski definition) is 2. The van der Waals surface area contributed by atoms with Gasteiger partial charge >= 0.3 is 0 Å². The molecule has 0 fully saturated rings. The van der Waals surface area contributed by atoms with Gasteiger partial charge < -0.3 is 10.7 Å². The molecule has 1 amide bonds. The van der Waals surface area contributed by atoms with Gasteiger partial charge in [-0.15, -0.1) is 0 Å². The van der Waals surface area contributed by atoms with Gasteiger partial charge in [0.15, 0.2) is 5.82 Å². The van der Waals surface area contributed by atoms with Crippen molar-refractivity contribution in [1.29, 1.82) is 0 Å². The predicted octanol–water partition coefficient (Wildman–Crippen LogP) is 1.91. The number of aromatic nitrogens is 2. The SMILES string of the molecule is Cc1cc(C(N)=O)c2nc(C(F)F)[nH]c2c1. The standard InChI is InChI=1S/C10H9F2N3O/c1-4-2-5(9(13)16)7-6(3-4)14-10(15-7)8(11)12/h2-3,8H,1H3,(H2,13,16)(H,14,15). The highest BCUT2D eigenvalue weighted by molar-refractivity contribution is 6.04. The fourth-order valence-corrected chi connectivity index (χ4v) is 1.57. The van der Waals surface area contributed by atoms with Gasteiger partial charge in [0, 0.05) is 0 Å². The maximum Gasteiger partial charge on any atom is 0.295 e. The molecule has 2 rings (SSSR count).